The molecule has 0 bridgehead atoms. The summed E-state index contributed by atoms with van der Waals surface area (Å²) < 4.78 is 18.4. The lowest BCUT2D eigenvalue weighted by Crippen LogP contribution is -2.51. The van der Waals surface area contributed by atoms with Crippen molar-refractivity contribution in [3.8, 4) is 5.75 Å². The number of halogens is 1. The molecule has 0 saturated carbocycles. The van der Waals surface area contributed by atoms with Crippen LogP contribution in [0.3, 0.4) is 0 Å². The molecule has 3 rings (SSSR count). The SMILES string of the molecule is COc1ccc(C(=O)N2CCCC(C)(C(=O)NCc3cccc(F)c3)C2)cc1. The number of ether oxygens (including phenoxy) is 1. The van der Waals surface area contributed by atoms with Crippen LogP contribution in [-0.4, -0.2) is 36.9 Å². The molecule has 1 saturated heterocycles. The predicted octanol–water partition coefficient (Wildman–Crippen LogP) is 3.39. The third-order valence-electron chi connectivity index (χ3n) is 5.21. The van der Waals surface area contributed by atoms with Crippen LogP contribution in [0.1, 0.15) is 35.7 Å². The van der Waals surface area contributed by atoms with E-state index in [0.717, 1.165) is 6.42 Å². The Bertz CT molecular complexity index is 853. The molecule has 0 aliphatic carbocycles. The molecule has 1 atom stereocenters. The van der Waals surface area contributed by atoms with E-state index in [1.165, 1.54) is 12.1 Å². The summed E-state index contributed by atoms with van der Waals surface area (Å²) in [6.07, 6.45) is 1.46. The molecule has 0 radical (unpaired) electrons. The third kappa shape index (κ3) is 4.50. The molecule has 0 spiro atoms. The van der Waals surface area contributed by atoms with E-state index in [9.17, 15) is 14.0 Å². The summed E-state index contributed by atoms with van der Waals surface area (Å²) in [5.74, 6) is 0.152. The molecule has 0 aromatic heterocycles. The lowest BCUT2D eigenvalue weighted by molar-refractivity contribution is -0.132. The minimum Gasteiger partial charge on any atom is -0.497 e. The molecule has 6 heteroatoms. The minimum absolute atomic E-state index is 0.0912. The smallest absolute Gasteiger partial charge is 0.253 e. The van der Waals surface area contributed by atoms with E-state index in [0.29, 0.717) is 36.4 Å². The van der Waals surface area contributed by atoms with E-state index in [4.69, 9.17) is 4.74 Å². The zero-order chi connectivity index (χ0) is 20.1. The topological polar surface area (TPSA) is 58.6 Å². The van der Waals surface area contributed by atoms with Crippen LogP contribution in [0.2, 0.25) is 0 Å². The molecule has 2 aromatic carbocycles. The summed E-state index contributed by atoms with van der Waals surface area (Å²) >= 11 is 0. The highest BCUT2D eigenvalue weighted by Crippen LogP contribution is 2.31. The number of likely N-dealkylation sites (tertiary alicyclic amines) is 1. The third-order valence-corrected chi connectivity index (χ3v) is 5.21. The second kappa shape index (κ2) is 8.42. The van der Waals surface area contributed by atoms with Crippen LogP contribution in [-0.2, 0) is 11.3 Å². The first-order valence-electron chi connectivity index (χ1n) is 9.37. The van der Waals surface area contributed by atoms with Crippen LogP contribution in [0.25, 0.3) is 0 Å². The van der Waals surface area contributed by atoms with Gasteiger partial charge in [-0.3, -0.25) is 9.59 Å². The normalized spacial score (nSPS) is 19.2. The maximum absolute atomic E-state index is 13.3. The molecule has 148 valence electrons. The van der Waals surface area contributed by atoms with Crippen molar-refractivity contribution >= 4 is 11.8 Å². The number of carbonyl (C=O) groups excluding carboxylic acids is 2. The summed E-state index contributed by atoms with van der Waals surface area (Å²) in [4.78, 5) is 27.4. The summed E-state index contributed by atoms with van der Waals surface area (Å²) in [5.41, 5.74) is 0.609. The average Bonchev–Trinajstić information content (AvgIpc) is 2.71. The van der Waals surface area contributed by atoms with Crippen LogP contribution in [0, 0.1) is 11.2 Å². The Morgan fingerprint density at radius 2 is 1.96 bits per heavy atom. The van der Waals surface area contributed by atoms with Gasteiger partial charge in [-0.1, -0.05) is 12.1 Å². The van der Waals surface area contributed by atoms with Crippen molar-refractivity contribution < 1.29 is 18.7 Å². The maximum atomic E-state index is 13.3. The quantitative estimate of drug-likeness (QED) is 0.860. The highest BCUT2D eigenvalue weighted by atomic mass is 19.1. The number of benzene rings is 2. The Morgan fingerprint density at radius 1 is 1.21 bits per heavy atom. The zero-order valence-electron chi connectivity index (χ0n) is 16.2. The van der Waals surface area contributed by atoms with E-state index >= 15 is 0 Å². The largest absolute Gasteiger partial charge is 0.497 e. The molecule has 2 aromatic rings. The Hall–Kier alpha value is -2.89. The Morgan fingerprint density at radius 3 is 2.64 bits per heavy atom. The fourth-order valence-electron chi connectivity index (χ4n) is 3.56. The highest BCUT2D eigenvalue weighted by Gasteiger charge is 2.39. The van der Waals surface area contributed by atoms with E-state index in [2.05, 4.69) is 5.32 Å². The van der Waals surface area contributed by atoms with Crippen molar-refractivity contribution in [2.45, 2.75) is 26.3 Å². The Balaban J connectivity index is 1.64. The highest BCUT2D eigenvalue weighted by molar-refractivity contribution is 5.95. The first kappa shape index (κ1) is 19.9. The summed E-state index contributed by atoms with van der Waals surface area (Å²) in [6.45, 7) is 3.12. The van der Waals surface area contributed by atoms with Gasteiger partial charge in [0.2, 0.25) is 5.91 Å². The standard InChI is InChI=1S/C22H25FN2O3/c1-22(21(27)24-14-16-5-3-6-18(23)13-16)11-4-12-25(15-22)20(26)17-7-9-19(28-2)10-8-17/h3,5-10,13H,4,11-12,14-15H2,1-2H3,(H,24,27). The fraction of sp³-hybridized carbons (Fsp3) is 0.364. The lowest BCUT2D eigenvalue weighted by Gasteiger charge is -2.39. The van der Waals surface area contributed by atoms with Gasteiger partial charge in [0.1, 0.15) is 11.6 Å². The number of methoxy groups -OCH3 is 1. The minimum atomic E-state index is -0.673. The number of rotatable bonds is 5. The number of nitrogens with zero attached hydrogens (tertiary/aromatic N) is 1. The number of carbonyl (C=O) groups is 2. The fourth-order valence-corrected chi connectivity index (χ4v) is 3.56. The Kier molecular flexibility index (Phi) is 5.97. The molecular formula is C22H25FN2O3. The molecular weight excluding hydrogens is 359 g/mol. The molecule has 1 aliphatic rings. The number of nitrogens with one attached hydrogen (secondary N) is 1. The second-order valence-corrected chi connectivity index (χ2v) is 7.43. The van der Waals surface area contributed by atoms with Gasteiger partial charge in [-0.25, -0.2) is 4.39 Å². The molecule has 2 amide bonds. The van der Waals surface area contributed by atoms with Crippen molar-refractivity contribution in [1.82, 2.24) is 10.2 Å². The molecule has 1 unspecified atom stereocenters. The Labute approximate surface area is 164 Å². The molecule has 28 heavy (non-hydrogen) atoms. The van der Waals surface area contributed by atoms with Gasteiger partial charge in [0.25, 0.3) is 5.91 Å². The summed E-state index contributed by atoms with van der Waals surface area (Å²) in [6, 6.07) is 13.1. The zero-order valence-corrected chi connectivity index (χ0v) is 16.2. The maximum Gasteiger partial charge on any atom is 0.253 e. The van der Waals surface area contributed by atoms with E-state index < -0.39 is 5.41 Å². The number of hydrogen-bond acceptors (Lipinski definition) is 3. The van der Waals surface area contributed by atoms with Crippen molar-refractivity contribution in [3.63, 3.8) is 0 Å². The van der Waals surface area contributed by atoms with Gasteiger partial charge in [0.05, 0.1) is 12.5 Å². The van der Waals surface area contributed by atoms with Gasteiger partial charge in [-0.2, -0.15) is 0 Å². The average molecular weight is 384 g/mol. The van der Waals surface area contributed by atoms with Gasteiger partial charge in [0, 0.05) is 25.2 Å². The van der Waals surface area contributed by atoms with Gasteiger partial charge in [-0.05, 0) is 61.7 Å². The predicted molar refractivity (Wildman–Crippen MR) is 104 cm³/mol. The van der Waals surface area contributed by atoms with Crippen LogP contribution < -0.4 is 10.1 Å². The number of amides is 2. The molecule has 1 heterocycles. The molecule has 1 fully saturated rings. The first-order valence-corrected chi connectivity index (χ1v) is 9.37. The second-order valence-electron chi connectivity index (χ2n) is 7.43. The van der Waals surface area contributed by atoms with Crippen molar-refractivity contribution in [1.29, 1.82) is 0 Å². The number of piperidine rings is 1. The summed E-state index contributed by atoms with van der Waals surface area (Å²) in [5, 5.41) is 2.89. The van der Waals surface area contributed by atoms with Gasteiger partial charge in [-0.15, -0.1) is 0 Å². The monoisotopic (exact) mass is 384 g/mol. The van der Waals surface area contributed by atoms with E-state index in [1.54, 1.807) is 48.4 Å². The van der Waals surface area contributed by atoms with Gasteiger partial charge >= 0.3 is 0 Å². The summed E-state index contributed by atoms with van der Waals surface area (Å²) in [7, 11) is 1.58. The van der Waals surface area contributed by atoms with Crippen molar-refractivity contribution in [2.24, 2.45) is 5.41 Å². The van der Waals surface area contributed by atoms with E-state index in [1.807, 2.05) is 6.92 Å². The molecule has 1 N–H and O–H groups in total. The van der Waals surface area contributed by atoms with Crippen molar-refractivity contribution in [3.05, 3.63) is 65.5 Å². The molecule has 1 aliphatic heterocycles. The van der Waals surface area contributed by atoms with Gasteiger partial charge in [0.15, 0.2) is 0 Å². The van der Waals surface area contributed by atoms with Gasteiger partial charge < -0.3 is 15.0 Å². The van der Waals surface area contributed by atoms with Crippen LogP contribution >= 0.6 is 0 Å². The van der Waals surface area contributed by atoms with E-state index in [-0.39, 0.29) is 24.2 Å². The first-order chi connectivity index (χ1) is 13.4. The van der Waals surface area contributed by atoms with Crippen LogP contribution in [0.15, 0.2) is 48.5 Å². The number of hydrogen-bond donors (Lipinski definition) is 1. The van der Waals surface area contributed by atoms with Crippen LogP contribution in [0.5, 0.6) is 5.75 Å². The molecule has 5 nitrogen and oxygen atoms in total. The van der Waals surface area contributed by atoms with Crippen molar-refractivity contribution in [2.75, 3.05) is 20.2 Å². The lowest BCUT2D eigenvalue weighted by atomic mass is 9.80. The van der Waals surface area contributed by atoms with Crippen LogP contribution in [0.4, 0.5) is 4.39 Å².